The molecule has 13 heavy (non-hydrogen) atoms. The molecule has 0 radical (unpaired) electrons. The Morgan fingerprint density at radius 3 is 2.85 bits per heavy atom. The highest BCUT2D eigenvalue weighted by molar-refractivity contribution is 5.80. The minimum Gasteiger partial charge on any atom is -0.394 e. The molecule has 1 amide bonds. The molecule has 0 aliphatic carbocycles. The van der Waals surface area contributed by atoms with Crippen LogP contribution in [0.5, 0.6) is 0 Å². The summed E-state index contributed by atoms with van der Waals surface area (Å²) >= 11 is 0. The number of likely N-dealkylation sites (tertiary alicyclic amines) is 1. The maximum absolute atomic E-state index is 12.8. The van der Waals surface area contributed by atoms with Gasteiger partial charge in [-0.25, -0.2) is 4.39 Å². The predicted octanol–water partition coefficient (Wildman–Crippen LogP) is -0.702. The van der Waals surface area contributed by atoms with Crippen molar-refractivity contribution in [2.75, 3.05) is 13.2 Å². The number of carbonyl (C=O) groups is 1. The third-order valence-corrected chi connectivity index (χ3v) is 2.21. The van der Waals surface area contributed by atoms with Gasteiger partial charge >= 0.3 is 0 Å². The van der Waals surface area contributed by atoms with Crippen molar-refractivity contribution < 1.29 is 19.4 Å². The fraction of sp³-hybridized carbons (Fsp3) is 0.875. The van der Waals surface area contributed by atoms with Crippen LogP contribution in [0, 0.1) is 0 Å². The van der Waals surface area contributed by atoms with E-state index in [0.29, 0.717) is 0 Å². The quantitative estimate of drug-likeness (QED) is 0.606. The normalized spacial score (nSPS) is 30.6. The summed E-state index contributed by atoms with van der Waals surface area (Å²) in [6.07, 6.45) is -2.05. The average Bonchev–Trinajstić information content (AvgIpc) is 2.45. The molecule has 1 heterocycles. The van der Waals surface area contributed by atoms with Crippen LogP contribution in [0.2, 0.25) is 0 Å². The van der Waals surface area contributed by atoms with E-state index in [-0.39, 0.29) is 19.6 Å². The van der Waals surface area contributed by atoms with Crippen LogP contribution in [-0.2, 0) is 4.79 Å². The van der Waals surface area contributed by atoms with Gasteiger partial charge in [0.1, 0.15) is 12.3 Å². The Labute approximate surface area is 76.0 Å². The summed E-state index contributed by atoms with van der Waals surface area (Å²) in [6, 6.07) is -0.475. The van der Waals surface area contributed by atoms with Crippen molar-refractivity contribution in [3.8, 4) is 0 Å². The topological polar surface area (TPSA) is 60.8 Å². The van der Waals surface area contributed by atoms with Gasteiger partial charge in [-0.05, 0) is 6.92 Å². The van der Waals surface area contributed by atoms with Gasteiger partial charge in [0.2, 0.25) is 0 Å². The molecule has 1 fully saturated rings. The average molecular weight is 191 g/mol. The molecule has 3 atom stereocenters. The second-order valence-corrected chi connectivity index (χ2v) is 3.34. The number of aliphatic hydroxyl groups excluding tert-OH is 2. The molecule has 0 aromatic heterocycles. The van der Waals surface area contributed by atoms with Crippen LogP contribution in [0.3, 0.4) is 0 Å². The molecule has 0 spiro atoms. The fourth-order valence-electron chi connectivity index (χ4n) is 1.54. The van der Waals surface area contributed by atoms with Crippen molar-refractivity contribution in [2.24, 2.45) is 0 Å². The van der Waals surface area contributed by atoms with E-state index in [1.165, 1.54) is 11.8 Å². The Balaban J connectivity index is 2.62. The van der Waals surface area contributed by atoms with E-state index < -0.39 is 24.2 Å². The van der Waals surface area contributed by atoms with Gasteiger partial charge in [0, 0.05) is 6.42 Å². The van der Waals surface area contributed by atoms with Gasteiger partial charge in [0.05, 0.1) is 19.2 Å². The molecule has 2 N–H and O–H groups in total. The highest BCUT2D eigenvalue weighted by Gasteiger charge is 2.35. The van der Waals surface area contributed by atoms with Crippen molar-refractivity contribution in [3.05, 3.63) is 0 Å². The lowest BCUT2D eigenvalue weighted by Gasteiger charge is -2.23. The third kappa shape index (κ3) is 2.16. The maximum atomic E-state index is 12.8. The number of amides is 1. The molecule has 1 saturated heterocycles. The second-order valence-electron chi connectivity index (χ2n) is 3.34. The molecule has 0 bridgehead atoms. The number of rotatable bonds is 2. The van der Waals surface area contributed by atoms with E-state index in [4.69, 9.17) is 10.2 Å². The summed E-state index contributed by atoms with van der Waals surface area (Å²) in [5, 5.41) is 17.8. The van der Waals surface area contributed by atoms with Gasteiger partial charge in [-0.15, -0.1) is 0 Å². The zero-order chi connectivity index (χ0) is 10.0. The third-order valence-electron chi connectivity index (χ3n) is 2.21. The highest BCUT2D eigenvalue weighted by Crippen LogP contribution is 2.20. The first kappa shape index (κ1) is 10.4. The van der Waals surface area contributed by atoms with Crippen LogP contribution in [0.4, 0.5) is 4.39 Å². The monoisotopic (exact) mass is 191 g/mol. The number of hydrogen-bond acceptors (Lipinski definition) is 3. The smallest absolute Gasteiger partial charge is 0.251 e. The van der Waals surface area contributed by atoms with Gasteiger partial charge in [0.25, 0.3) is 5.91 Å². The number of nitrogens with zero attached hydrogens (tertiary/aromatic N) is 1. The van der Waals surface area contributed by atoms with Crippen molar-refractivity contribution in [1.29, 1.82) is 0 Å². The van der Waals surface area contributed by atoms with Gasteiger partial charge in [-0.1, -0.05) is 0 Å². The summed E-state index contributed by atoms with van der Waals surface area (Å²) in [7, 11) is 0. The maximum Gasteiger partial charge on any atom is 0.251 e. The minimum absolute atomic E-state index is 0.0189. The summed E-state index contributed by atoms with van der Waals surface area (Å²) in [5.74, 6) is -0.515. The molecule has 1 aliphatic heterocycles. The first-order chi connectivity index (χ1) is 6.06. The molecule has 0 saturated carbocycles. The zero-order valence-electron chi connectivity index (χ0n) is 7.48. The lowest BCUT2D eigenvalue weighted by Crippen LogP contribution is -2.42. The molecular formula is C8H14FNO3. The van der Waals surface area contributed by atoms with Crippen molar-refractivity contribution in [1.82, 2.24) is 4.90 Å². The van der Waals surface area contributed by atoms with Gasteiger partial charge in [-0.2, -0.15) is 0 Å². The van der Waals surface area contributed by atoms with E-state index in [0.717, 1.165) is 0 Å². The SMILES string of the molecule is C[C@H](O)C(=O)N1CC(F)CC1CO. The van der Waals surface area contributed by atoms with E-state index in [2.05, 4.69) is 0 Å². The van der Waals surface area contributed by atoms with Crippen molar-refractivity contribution in [3.63, 3.8) is 0 Å². The van der Waals surface area contributed by atoms with E-state index in [1.54, 1.807) is 0 Å². The first-order valence-electron chi connectivity index (χ1n) is 4.29. The zero-order valence-corrected chi connectivity index (χ0v) is 7.48. The Hall–Kier alpha value is -0.680. The molecule has 0 aromatic carbocycles. The van der Waals surface area contributed by atoms with Gasteiger partial charge < -0.3 is 15.1 Å². The molecular weight excluding hydrogens is 177 g/mol. The number of carbonyl (C=O) groups excluding carboxylic acids is 1. The lowest BCUT2D eigenvalue weighted by molar-refractivity contribution is -0.140. The van der Waals surface area contributed by atoms with Crippen LogP contribution in [0.25, 0.3) is 0 Å². The van der Waals surface area contributed by atoms with Crippen LogP contribution in [-0.4, -0.2) is 52.5 Å². The number of hydrogen-bond donors (Lipinski definition) is 2. The summed E-state index contributed by atoms with van der Waals surface area (Å²) in [6.45, 7) is 1.07. The largest absolute Gasteiger partial charge is 0.394 e. The lowest BCUT2D eigenvalue weighted by atomic mass is 10.2. The molecule has 2 unspecified atom stereocenters. The summed E-state index contributed by atoms with van der Waals surface area (Å²) in [5.41, 5.74) is 0. The first-order valence-corrected chi connectivity index (χ1v) is 4.29. The number of alkyl halides is 1. The van der Waals surface area contributed by atoms with Crippen LogP contribution >= 0.6 is 0 Å². The fourth-order valence-corrected chi connectivity index (χ4v) is 1.54. The standard InChI is InChI=1S/C8H14FNO3/c1-5(12)8(13)10-3-6(9)2-7(10)4-11/h5-7,11-12H,2-4H2,1H3/t5-,6?,7?/m0/s1. The van der Waals surface area contributed by atoms with E-state index in [1.807, 2.05) is 0 Å². The Kier molecular flexibility index (Phi) is 3.22. The van der Waals surface area contributed by atoms with Crippen LogP contribution in [0.15, 0.2) is 0 Å². The Morgan fingerprint density at radius 1 is 1.77 bits per heavy atom. The van der Waals surface area contributed by atoms with Crippen molar-refractivity contribution in [2.45, 2.75) is 31.7 Å². The second kappa shape index (κ2) is 4.02. The summed E-state index contributed by atoms with van der Waals surface area (Å²) < 4.78 is 12.8. The van der Waals surface area contributed by atoms with Crippen LogP contribution in [0.1, 0.15) is 13.3 Å². The minimum atomic E-state index is -1.13. The van der Waals surface area contributed by atoms with Gasteiger partial charge in [-0.3, -0.25) is 4.79 Å². The molecule has 4 nitrogen and oxygen atoms in total. The Bertz CT molecular complexity index is 198. The molecule has 76 valence electrons. The number of aliphatic hydroxyl groups is 2. The van der Waals surface area contributed by atoms with E-state index >= 15 is 0 Å². The molecule has 1 rings (SSSR count). The van der Waals surface area contributed by atoms with Gasteiger partial charge in [0.15, 0.2) is 0 Å². The summed E-state index contributed by atoms with van der Waals surface area (Å²) in [4.78, 5) is 12.5. The number of halogens is 1. The van der Waals surface area contributed by atoms with Crippen molar-refractivity contribution >= 4 is 5.91 Å². The highest BCUT2D eigenvalue weighted by atomic mass is 19.1. The molecule has 0 aromatic rings. The van der Waals surface area contributed by atoms with E-state index in [9.17, 15) is 9.18 Å². The molecule has 1 aliphatic rings. The van der Waals surface area contributed by atoms with Crippen LogP contribution < -0.4 is 0 Å². The predicted molar refractivity (Wildman–Crippen MR) is 43.8 cm³/mol. The Morgan fingerprint density at radius 2 is 2.38 bits per heavy atom. The molecule has 5 heteroatoms.